The van der Waals surface area contributed by atoms with Crippen LogP contribution in [0, 0.1) is 0 Å². The van der Waals surface area contributed by atoms with Crippen molar-refractivity contribution in [1.29, 1.82) is 0 Å². The third kappa shape index (κ3) is 2.42. The number of benzene rings is 1. The third-order valence-corrected chi connectivity index (χ3v) is 1.54. The van der Waals surface area contributed by atoms with Gasteiger partial charge in [0.05, 0.1) is 6.26 Å². The van der Waals surface area contributed by atoms with Crippen LogP contribution in [-0.2, 0) is 9.53 Å². The van der Waals surface area contributed by atoms with Crippen LogP contribution in [0.2, 0.25) is 0 Å². The van der Waals surface area contributed by atoms with Gasteiger partial charge in [-0.25, -0.2) is 4.79 Å². The molecule has 0 spiro atoms. The minimum Gasteiger partial charge on any atom is -0.433 e. The number of hydrogen-bond acceptors (Lipinski definition) is 3. The van der Waals surface area contributed by atoms with Gasteiger partial charge in [0.25, 0.3) is 0 Å². The summed E-state index contributed by atoms with van der Waals surface area (Å²) in [5.41, 5.74) is 0.509. The van der Waals surface area contributed by atoms with Gasteiger partial charge in [0.2, 0.25) is 0 Å². The van der Waals surface area contributed by atoms with Crippen LogP contribution in [0.4, 0.5) is 0 Å². The van der Waals surface area contributed by atoms with Crippen molar-refractivity contribution >= 4 is 5.97 Å². The van der Waals surface area contributed by atoms with Gasteiger partial charge < -0.3 is 9.84 Å². The summed E-state index contributed by atoms with van der Waals surface area (Å²) in [6.07, 6.45) is -0.242. The molecule has 0 radical (unpaired) electrons. The molecule has 1 aromatic rings. The molecule has 0 saturated carbocycles. The molecule has 68 valence electrons. The number of ether oxygens (including phenoxy) is 1. The fourth-order valence-electron chi connectivity index (χ4n) is 0.918. The van der Waals surface area contributed by atoms with Crippen molar-refractivity contribution in [2.75, 3.05) is 0 Å². The Labute approximate surface area is 76.3 Å². The van der Waals surface area contributed by atoms with E-state index in [0.29, 0.717) is 5.56 Å². The van der Waals surface area contributed by atoms with Crippen LogP contribution in [0.15, 0.2) is 43.2 Å². The summed E-state index contributed by atoms with van der Waals surface area (Å²) < 4.78 is 4.43. The second-order valence-corrected chi connectivity index (χ2v) is 2.42. The van der Waals surface area contributed by atoms with Gasteiger partial charge >= 0.3 is 5.97 Å². The zero-order chi connectivity index (χ0) is 9.68. The van der Waals surface area contributed by atoms with Crippen LogP contribution in [0.3, 0.4) is 0 Å². The maximum Gasteiger partial charge on any atom is 0.344 e. The number of hydrogen-bond donors (Lipinski definition) is 1. The van der Waals surface area contributed by atoms with E-state index in [1.54, 1.807) is 30.3 Å². The van der Waals surface area contributed by atoms with Gasteiger partial charge in [0, 0.05) is 0 Å². The highest BCUT2D eigenvalue weighted by atomic mass is 16.5. The third-order valence-electron chi connectivity index (χ3n) is 1.54. The predicted octanol–water partition coefficient (Wildman–Crippen LogP) is 1.41. The van der Waals surface area contributed by atoms with Gasteiger partial charge in [-0.1, -0.05) is 36.9 Å². The second-order valence-electron chi connectivity index (χ2n) is 2.42. The Balaban J connectivity index is 2.73. The van der Waals surface area contributed by atoms with Crippen molar-refractivity contribution in [3.8, 4) is 0 Å². The summed E-state index contributed by atoms with van der Waals surface area (Å²) in [4.78, 5) is 11.0. The van der Waals surface area contributed by atoms with Gasteiger partial charge in [0.15, 0.2) is 6.10 Å². The van der Waals surface area contributed by atoms with E-state index in [1.165, 1.54) is 0 Å². The van der Waals surface area contributed by atoms with E-state index < -0.39 is 12.1 Å². The standard InChI is InChI=1S/C10H10O3/c1-2-13-10(12)9(11)8-6-4-3-5-7-8/h2-7,9,11H,1H2. The van der Waals surface area contributed by atoms with Crippen LogP contribution in [0.1, 0.15) is 11.7 Å². The Hall–Kier alpha value is -1.61. The summed E-state index contributed by atoms with van der Waals surface area (Å²) in [7, 11) is 0. The van der Waals surface area contributed by atoms with Crippen LogP contribution in [0.5, 0.6) is 0 Å². The maximum absolute atomic E-state index is 11.0. The maximum atomic E-state index is 11.0. The summed E-state index contributed by atoms with van der Waals surface area (Å²) >= 11 is 0. The van der Waals surface area contributed by atoms with Crippen LogP contribution in [0.25, 0.3) is 0 Å². The lowest BCUT2D eigenvalue weighted by molar-refractivity contribution is -0.147. The number of carbonyl (C=O) groups is 1. The van der Waals surface area contributed by atoms with E-state index in [1.807, 2.05) is 0 Å². The van der Waals surface area contributed by atoms with Gasteiger partial charge in [-0.2, -0.15) is 0 Å². The highest BCUT2D eigenvalue weighted by Crippen LogP contribution is 2.13. The van der Waals surface area contributed by atoms with Crippen LogP contribution < -0.4 is 0 Å². The average Bonchev–Trinajstić information content (AvgIpc) is 2.18. The molecule has 0 fully saturated rings. The molecule has 0 aliphatic carbocycles. The zero-order valence-corrected chi connectivity index (χ0v) is 7.01. The van der Waals surface area contributed by atoms with Crippen molar-refractivity contribution < 1.29 is 14.6 Å². The lowest BCUT2D eigenvalue weighted by Crippen LogP contribution is -2.12. The Morgan fingerprint density at radius 2 is 2.08 bits per heavy atom. The molecular weight excluding hydrogens is 168 g/mol. The van der Waals surface area contributed by atoms with Crippen LogP contribution >= 0.6 is 0 Å². The quantitative estimate of drug-likeness (QED) is 0.562. The van der Waals surface area contributed by atoms with E-state index in [9.17, 15) is 9.90 Å². The van der Waals surface area contributed by atoms with Crippen molar-refractivity contribution in [1.82, 2.24) is 0 Å². The summed E-state index contributed by atoms with van der Waals surface area (Å²) in [6, 6.07) is 8.57. The molecule has 0 aliphatic heterocycles. The molecular formula is C10H10O3. The van der Waals surface area contributed by atoms with E-state index in [0.717, 1.165) is 6.26 Å². The number of aliphatic hydroxyl groups is 1. The smallest absolute Gasteiger partial charge is 0.344 e. The number of esters is 1. The van der Waals surface area contributed by atoms with E-state index in [-0.39, 0.29) is 0 Å². The van der Waals surface area contributed by atoms with Crippen molar-refractivity contribution in [3.05, 3.63) is 48.7 Å². The highest BCUT2D eigenvalue weighted by molar-refractivity contribution is 5.76. The largest absolute Gasteiger partial charge is 0.433 e. The molecule has 0 aromatic heterocycles. The number of aliphatic hydroxyl groups excluding tert-OH is 1. The first kappa shape index (κ1) is 9.48. The Morgan fingerprint density at radius 1 is 1.46 bits per heavy atom. The lowest BCUT2D eigenvalue weighted by Gasteiger charge is -2.07. The molecule has 1 aromatic carbocycles. The fraction of sp³-hybridized carbons (Fsp3) is 0.100. The zero-order valence-electron chi connectivity index (χ0n) is 7.01. The van der Waals surface area contributed by atoms with Crippen molar-refractivity contribution in [3.63, 3.8) is 0 Å². The van der Waals surface area contributed by atoms with E-state index in [2.05, 4.69) is 11.3 Å². The number of rotatable bonds is 3. The lowest BCUT2D eigenvalue weighted by atomic mass is 10.1. The van der Waals surface area contributed by atoms with E-state index >= 15 is 0 Å². The van der Waals surface area contributed by atoms with Gasteiger partial charge in [-0.05, 0) is 5.56 Å². The van der Waals surface area contributed by atoms with Gasteiger partial charge in [0.1, 0.15) is 0 Å². The topological polar surface area (TPSA) is 46.5 Å². The fourth-order valence-corrected chi connectivity index (χ4v) is 0.918. The Morgan fingerprint density at radius 3 is 2.62 bits per heavy atom. The molecule has 0 saturated heterocycles. The second kappa shape index (κ2) is 4.42. The molecule has 3 nitrogen and oxygen atoms in total. The molecule has 0 bridgehead atoms. The summed E-state index contributed by atoms with van der Waals surface area (Å²) in [5.74, 6) is -0.721. The molecule has 13 heavy (non-hydrogen) atoms. The molecule has 1 atom stereocenters. The predicted molar refractivity (Wildman–Crippen MR) is 47.7 cm³/mol. The minimum atomic E-state index is -1.24. The molecule has 1 N–H and O–H groups in total. The highest BCUT2D eigenvalue weighted by Gasteiger charge is 2.17. The van der Waals surface area contributed by atoms with Gasteiger partial charge in [-0.15, -0.1) is 0 Å². The van der Waals surface area contributed by atoms with Crippen molar-refractivity contribution in [2.45, 2.75) is 6.10 Å². The SMILES string of the molecule is C=COC(=O)C(O)c1ccccc1. The monoisotopic (exact) mass is 178 g/mol. The normalized spacial score (nSPS) is 11.8. The first-order chi connectivity index (χ1) is 6.25. The van der Waals surface area contributed by atoms with E-state index in [4.69, 9.17) is 0 Å². The Bertz CT molecular complexity index is 292. The molecule has 1 unspecified atom stereocenters. The molecule has 3 heteroatoms. The minimum absolute atomic E-state index is 0.509. The molecule has 1 rings (SSSR count). The van der Waals surface area contributed by atoms with Crippen LogP contribution in [-0.4, -0.2) is 11.1 Å². The molecule has 0 amide bonds. The average molecular weight is 178 g/mol. The molecule has 0 aliphatic rings. The summed E-state index contributed by atoms with van der Waals surface area (Å²) in [6.45, 7) is 3.22. The first-order valence-electron chi connectivity index (χ1n) is 3.80. The van der Waals surface area contributed by atoms with Crippen molar-refractivity contribution in [2.24, 2.45) is 0 Å². The Kier molecular flexibility index (Phi) is 3.23. The summed E-state index contributed by atoms with van der Waals surface area (Å²) in [5, 5.41) is 9.40. The first-order valence-corrected chi connectivity index (χ1v) is 3.80. The molecule has 0 heterocycles. The van der Waals surface area contributed by atoms with Gasteiger partial charge in [-0.3, -0.25) is 0 Å². The number of carbonyl (C=O) groups excluding carboxylic acids is 1.